The first kappa shape index (κ1) is 20.4. The molecule has 0 aliphatic carbocycles. The Balaban J connectivity index is 1.78. The van der Waals surface area contributed by atoms with Crippen LogP contribution in [0.3, 0.4) is 0 Å². The van der Waals surface area contributed by atoms with Gasteiger partial charge in [-0.05, 0) is 30.7 Å². The monoisotopic (exact) mass is 363 g/mol. The van der Waals surface area contributed by atoms with E-state index < -0.39 is 0 Å². The molecule has 1 aromatic rings. The summed E-state index contributed by atoms with van der Waals surface area (Å²) in [4.78, 5) is 27.0. The van der Waals surface area contributed by atoms with Crippen molar-refractivity contribution in [3.8, 4) is 0 Å². The predicted molar refractivity (Wildman–Crippen MR) is 102 cm³/mol. The lowest BCUT2D eigenvalue weighted by Gasteiger charge is -2.30. The third-order valence-electron chi connectivity index (χ3n) is 5.11. The Labute approximate surface area is 156 Å². The molecule has 6 heteroatoms. The number of nitrogens with one attached hydrogen (secondary N) is 3. The molecule has 0 spiro atoms. The largest absolute Gasteiger partial charge is 0.462 e. The highest BCUT2D eigenvalue weighted by Gasteiger charge is 2.27. The van der Waals surface area contributed by atoms with Gasteiger partial charge in [-0.25, -0.2) is 4.79 Å². The molecule has 6 nitrogen and oxygen atoms in total. The maximum absolute atomic E-state index is 12.3. The molecule has 0 aromatic heterocycles. The summed E-state index contributed by atoms with van der Waals surface area (Å²) in [5.41, 5.74) is 1.22. The normalized spacial score (nSPS) is 21.0. The van der Waals surface area contributed by atoms with Crippen LogP contribution < -0.4 is 15.1 Å². The summed E-state index contributed by atoms with van der Waals surface area (Å²) in [5, 5.41) is 2.92. The zero-order valence-electron chi connectivity index (χ0n) is 16.3. The number of likely N-dealkylation sites (N-methyl/N-ethyl adjacent to an activating group) is 1. The number of quaternary nitrogens is 2. The van der Waals surface area contributed by atoms with E-state index in [1.165, 1.54) is 30.8 Å². The molecule has 0 saturated carbocycles. The quantitative estimate of drug-likeness (QED) is 0.442. The van der Waals surface area contributed by atoms with Gasteiger partial charge in [-0.15, -0.1) is 0 Å². The Kier molecular flexibility index (Phi) is 8.06. The lowest BCUT2D eigenvalue weighted by atomic mass is 10.0. The second-order valence-corrected chi connectivity index (χ2v) is 7.37. The van der Waals surface area contributed by atoms with Crippen LogP contribution in [-0.2, 0) is 9.53 Å². The highest BCUT2D eigenvalue weighted by atomic mass is 16.5. The molecule has 1 amide bonds. The summed E-state index contributed by atoms with van der Waals surface area (Å²) >= 11 is 0. The van der Waals surface area contributed by atoms with Crippen molar-refractivity contribution in [2.75, 3.05) is 45.7 Å². The van der Waals surface area contributed by atoms with Gasteiger partial charge in [0.1, 0.15) is 0 Å². The van der Waals surface area contributed by atoms with Gasteiger partial charge in [0.15, 0.2) is 6.54 Å². The Morgan fingerprint density at radius 3 is 2.50 bits per heavy atom. The van der Waals surface area contributed by atoms with Crippen LogP contribution in [0.2, 0.25) is 0 Å². The molecule has 26 heavy (non-hydrogen) atoms. The Bertz CT molecular complexity index is 580. The summed E-state index contributed by atoms with van der Waals surface area (Å²) in [5.74, 6) is -0.308. The smallest absolute Gasteiger partial charge is 0.338 e. The fourth-order valence-electron chi connectivity index (χ4n) is 3.29. The minimum atomic E-state index is -0.315. The third-order valence-corrected chi connectivity index (χ3v) is 5.11. The van der Waals surface area contributed by atoms with Crippen LogP contribution in [0, 0.1) is 0 Å². The summed E-state index contributed by atoms with van der Waals surface area (Å²) in [7, 11) is 4.32. The van der Waals surface area contributed by atoms with Crippen LogP contribution in [0.1, 0.15) is 43.0 Å². The van der Waals surface area contributed by atoms with Crippen molar-refractivity contribution in [1.82, 2.24) is 0 Å². The van der Waals surface area contributed by atoms with Gasteiger partial charge >= 0.3 is 5.97 Å². The number of benzene rings is 1. The van der Waals surface area contributed by atoms with E-state index in [0.29, 0.717) is 30.4 Å². The van der Waals surface area contributed by atoms with Crippen LogP contribution in [0.15, 0.2) is 24.3 Å². The van der Waals surface area contributed by atoms with E-state index in [0.717, 1.165) is 12.8 Å². The second-order valence-electron chi connectivity index (χ2n) is 7.37. The second kappa shape index (κ2) is 10.3. The van der Waals surface area contributed by atoms with Crippen LogP contribution >= 0.6 is 0 Å². The molecule has 1 saturated heterocycles. The van der Waals surface area contributed by atoms with Gasteiger partial charge in [0.05, 0.1) is 45.4 Å². The average molecular weight is 364 g/mol. The van der Waals surface area contributed by atoms with Crippen molar-refractivity contribution < 1.29 is 24.1 Å². The molecule has 3 N–H and O–H groups in total. The molecule has 0 radical (unpaired) electrons. The third kappa shape index (κ3) is 6.42. The lowest BCUT2D eigenvalue weighted by Crippen LogP contribution is -3.18. The fraction of sp³-hybridized carbons (Fsp3) is 0.600. The van der Waals surface area contributed by atoms with Gasteiger partial charge in [0, 0.05) is 18.5 Å². The summed E-state index contributed by atoms with van der Waals surface area (Å²) in [6.45, 7) is 5.32. The maximum atomic E-state index is 12.3. The van der Waals surface area contributed by atoms with Gasteiger partial charge in [0.25, 0.3) is 5.91 Å². The molecule has 1 fully saturated rings. The number of unbranched alkanes of at least 4 members (excludes halogenated alkanes) is 1. The van der Waals surface area contributed by atoms with Gasteiger partial charge in [-0.1, -0.05) is 13.3 Å². The first-order valence-corrected chi connectivity index (χ1v) is 9.70. The van der Waals surface area contributed by atoms with Crippen molar-refractivity contribution in [2.45, 2.75) is 38.6 Å². The van der Waals surface area contributed by atoms with E-state index in [-0.39, 0.29) is 11.9 Å². The molecule has 1 aliphatic heterocycles. The molecule has 1 atom stereocenters. The Morgan fingerprint density at radius 2 is 1.88 bits per heavy atom. The summed E-state index contributed by atoms with van der Waals surface area (Å²) in [6, 6.07) is 7.45. The first-order valence-electron chi connectivity index (χ1n) is 9.70. The van der Waals surface area contributed by atoms with E-state index in [1.54, 1.807) is 29.2 Å². The fourth-order valence-corrected chi connectivity index (χ4v) is 3.29. The number of esters is 1. The van der Waals surface area contributed by atoms with E-state index in [1.807, 2.05) is 0 Å². The Morgan fingerprint density at radius 1 is 1.23 bits per heavy atom. The van der Waals surface area contributed by atoms with Gasteiger partial charge in [0.2, 0.25) is 0 Å². The zero-order chi connectivity index (χ0) is 18.9. The number of ether oxygens (including phenoxy) is 1. The number of anilines is 1. The van der Waals surface area contributed by atoms with Crippen molar-refractivity contribution in [3.05, 3.63) is 29.8 Å². The van der Waals surface area contributed by atoms with Crippen LogP contribution in [0.4, 0.5) is 5.69 Å². The van der Waals surface area contributed by atoms with Crippen molar-refractivity contribution in [1.29, 1.82) is 0 Å². The number of likely N-dealkylation sites (tertiary alicyclic amines) is 1. The number of amides is 1. The van der Waals surface area contributed by atoms with Gasteiger partial charge in [-0.3, -0.25) is 4.79 Å². The SMILES string of the molecule is CCCCOC(=O)c1ccc(NC(=O)C[NH+](C)C2CC[NH+](C)CC2)cc1. The van der Waals surface area contributed by atoms with Crippen LogP contribution in [0.5, 0.6) is 0 Å². The number of piperidine rings is 1. The van der Waals surface area contributed by atoms with Crippen molar-refractivity contribution >= 4 is 17.6 Å². The number of carbonyl (C=O) groups is 2. The number of hydrogen-bond acceptors (Lipinski definition) is 3. The molecule has 2 rings (SSSR count). The molecule has 1 heterocycles. The van der Waals surface area contributed by atoms with Crippen LogP contribution in [0.25, 0.3) is 0 Å². The number of hydrogen-bond donors (Lipinski definition) is 3. The topological polar surface area (TPSA) is 64.3 Å². The average Bonchev–Trinajstić information content (AvgIpc) is 2.62. The summed E-state index contributed by atoms with van der Waals surface area (Å²) in [6.07, 6.45) is 4.20. The number of rotatable bonds is 8. The Hall–Kier alpha value is -1.92. The molecule has 1 aliphatic rings. The van der Waals surface area contributed by atoms with E-state index >= 15 is 0 Å². The van der Waals surface area contributed by atoms with Crippen LogP contribution in [-0.4, -0.2) is 58.3 Å². The molecule has 1 unspecified atom stereocenters. The molecular weight excluding hydrogens is 330 g/mol. The minimum Gasteiger partial charge on any atom is -0.462 e. The maximum Gasteiger partial charge on any atom is 0.338 e. The van der Waals surface area contributed by atoms with Crippen molar-refractivity contribution in [2.24, 2.45) is 0 Å². The molecule has 0 bridgehead atoms. The van der Waals surface area contributed by atoms with Gasteiger partial charge < -0.3 is 19.9 Å². The summed E-state index contributed by atoms with van der Waals surface area (Å²) < 4.78 is 5.19. The van der Waals surface area contributed by atoms with Gasteiger partial charge in [-0.2, -0.15) is 0 Å². The molecule has 1 aromatic carbocycles. The molecule has 144 valence electrons. The van der Waals surface area contributed by atoms with E-state index in [4.69, 9.17) is 4.74 Å². The minimum absolute atomic E-state index is 0.00653. The molecular formula is C20H33N3O3+2. The number of carbonyl (C=O) groups excluding carboxylic acids is 2. The lowest BCUT2D eigenvalue weighted by molar-refractivity contribution is -0.935. The zero-order valence-corrected chi connectivity index (χ0v) is 16.3. The van der Waals surface area contributed by atoms with E-state index in [9.17, 15) is 9.59 Å². The highest BCUT2D eigenvalue weighted by Crippen LogP contribution is 2.10. The standard InChI is InChI=1S/C20H31N3O3/c1-4-5-14-26-20(25)16-6-8-17(9-7-16)21-19(24)15-23(3)18-10-12-22(2)13-11-18/h6-9,18H,4-5,10-15H2,1-3H3,(H,21,24)/p+2. The highest BCUT2D eigenvalue weighted by molar-refractivity contribution is 5.93. The first-order chi connectivity index (χ1) is 12.5. The van der Waals surface area contributed by atoms with E-state index in [2.05, 4.69) is 26.3 Å². The predicted octanol–water partition coefficient (Wildman–Crippen LogP) is -0.226. The van der Waals surface area contributed by atoms with Crippen molar-refractivity contribution in [3.63, 3.8) is 0 Å².